The number of aryl methyl sites for hydroxylation is 2. The second-order valence-electron chi connectivity index (χ2n) is 15.5. The third-order valence-electron chi connectivity index (χ3n) is 10.8. The Morgan fingerprint density at radius 3 is 1.17 bits per heavy atom. The summed E-state index contributed by atoms with van der Waals surface area (Å²) < 4.78 is 1.59. The average Bonchev–Trinajstić information content (AvgIpc) is 3.54. The van der Waals surface area contributed by atoms with Crippen molar-refractivity contribution in [2.45, 2.75) is 163 Å². The number of rotatable bonds is 23. The topological polar surface area (TPSA) is 65.8 Å². The molecule has 58 heavy (non-hydrogen) atoms. The van der Waals surface area contributed by atoms with E-state index < -0.39 is 0 Å². The van der Waals surface area contributed by atoms with Crippen molar-refractivity contribution in [3.8, 4) is 0 Å². The first-order valence-corrected chi connectivity index (χ1v) is 22.4. The molecule has 318 valence electrons. The molecule has 5 heteroatoms. The van der Waals surface area contributed by atoms with Crippen molar-refractivity contribution in [1.82, 2.24) is 0 Å². The van der Waals surface area contributed by atoms with Gasteiger partial charge in [-0.1, -0.05) is 183 Å². The van der Waals surface area contributed by atoms with Crippen LogP contribution in [0.15, 0.2) is 120 Å². The first kappa shape index (κ1) is 50.7. The number of unbranched alkanes of at least 4 members (excludes halogenated alkanes) is 11. The van der Waals surface area contributed by atoms with E-state index in [9.17, 15) is 5.53 Å². The maximum absolute atomic E-state index is 12.0. The van der Waals surface area contributed by atoms with Crippen LogP contribution >= 0.6 is 0 Å². The van der Waals surface area contributed by atoms with Crippen LogP contribution in [0.2, 0.25) is 0 Å². The van der Waals surface area contributed by atoms with Crippen LogP contribution < -0.4 is 0 Å². The van der Waals surface area contributed by atoms with Crippen molar-refractivity contribution in [2.24, 2.45) is 0 Å². The summed E-state index contributed by atoms with van der Waals surface area (Å²) >= 11 is 0. The molecule has 1 aliphatic rings. The van der Waals surface area contributed by atoms with E-state index in [2.05, 4.69) is 76.2 Å². The molecule has 0 amide bonds. The van der Waals surface area contributed by atoms with E-state index in [0.717, 1.165) is 48.2 Å². The molecule has 0 spiro atoms. The fourth-order valence-corrected chi connectivity index (χ4v) is 7.47. The Bertz CT molecular complexity index is 1710. The summed E-state index contributed by atoms with van der Waals surface area (Å²) in [6, 6.07) is 37.1. The van der Waals surface area contributed by atoms with E-state index in [-0.39, 0.29) is 33.6 Å². The maximum Gasteiger partial charge on any atom is 0.211 e. The molecule has 1 aliphatic heterocycles. The van der Waals surface area contributed by atoms with Crippen LogP contribution in [-0.4, -0.2) is 14.9 Å². The zero-order chi connectivity index (χ0) is 40.9. The van der Waals surface area contributed by atoms with Gasteiger partial charge >= 0.3 is 0 Å². The summed E-state index contributed by atoms with van der Waals surface area (Å²) in [5.41, 5.74) is 23.9. The van der Waals surface area contributed by atoms with Gasteiger partial charge in [0.05, 0.1) is 13.2 Å². The van der Waals surface area contributed by atoms with E-state index in [4.69, 9.17) is 10.2 Å². The van der Waals surface area contributed by atoms with Crippen LogP contribution in [0.25, 0.3) is 16.9 Å². The molecular weight excluding hydrogens is 803 g/mol. The van der Waals surface area contributed by atoms with E-state index in [1.165, 1.54) is 130 Å². The smallest absolute Gasteiger partial charge is 0.211 e. The first-order chi connectivity index (χ1) is 28.0. The first-order valence-electron chi connectivity index (χ1n) is 22.4. The van der Waals surface area contributed by atoms with E-state index in [1.54, 1.807) is 4.70 Å². The summed E-state index contributed by atoms with van der Waals surface area (Å²) in [6.45, 7) is 9.38. The van der Waals surface area contributed by atoms with Gasteiger partial charge in [0.2, 0.25) is 11.4 Å². The normalized spacial score (nSPS) is 12.1. The summed E-state index contributed by atoms with van der Waals surface area (Å²) in [4.78, 5) is 0. The van der Waals surface area contributed by atoms with Gasteiger partial charge in [0.25, 0.3) is 0 Å². The van der Waals surface area contributed by atoms with Crippen molar-refractivity contribution in [2.75, 3.05) is 0 Å². The van der Waals surface area contributed by atoms with Crippen LogP contribution in [0.3, 0.4) is 0 Å². The van der Waals surface area contributed by atoms with Gasteiger partial charge in [-0.05, 0) is 97.9 Å². The van der Waals surface area contributed by atoms with Crippen LogP contribution in [0.5, 0.6) is 0 Å². The Labute approximate surface area is 367 Å². The quantitative estimate of drug-likeness (QED) is 0.0443. The fourth-order valence-electron chi connectivity index (χ4n) is 7.47. The summed E-state index contributed by atoms with van der Waals surface area (Å²) in [7, 11) is 0. The van der Waals surface area contributed by atoms with Gasteiger partial charge < -0.3 is 15.7 Å². The van der Waals surface area contributed by atoms with Gasteiger partial charge in [-0.15, -0.1) is 0 Å². The average molecular weight is 878 g/mol. The molecule has 0 saturated heterocycles. The molecule has 0 aromatic heterocycles. The molecule has 0 aliphatic carbocycles. The fraction of sp³-hybridized carbons (Fsp3) is 0.472. The van der Waals surface area contributed by atoms with Crippen LogP contribution in [-0.2, 0) is 46.5 Å². The minimum absolute atomic E-state index is 0. The Morgan fingerprint density at radius 2 is 0.741 bits per heavy atom. The zero-order valence-electron chi connectivity index (χ0n) is 36.3. The SMILES string of the molecule is CCCCCCCCC1=C(c2cccc(CCCC)c2)[N+](=[N-])C(c2cccc(CCCCCC)c2)=C1CCCCC.OCc1ccccc1.OCc1ccccc1.[Pd]. The molecule has 5 rings (SSSR count). The number of nitrogens with zero attached hydrogens (tertiary/aromatic N) is 2. The summed E-state index contributed by atoms with van der Waals surface area (Å²) in [5.74, 6) is 0. The molecule has 4 nitrogen and oxygen atoms in total. The van der Waals surface area contributed by atoms with E-state index >= 15 is 0 Å². The van der Waals surface area contributed by atoms with Crippen LogP contribution in [0.1, 0.15) is 170 Å². The van der Waals surface area contributed by atoms with Crippen LogP contribution in [0, 0.1) is 0 Å². The largest absolute Gasteiger partial charge is 0.493 e. The van der Waals surface area contributed by atoms with Gasteiger partial charge in [-0.3, -0.25) is 0 Å². The van der Waals surface area contributed by atoms with Crippen molar-refractivity contribution in [3.63, 3.8) is 0 Å². The van der Waals surface area contributed by atoms with Gasteiger partial charge in [-0.25, -0.2) is 4.70 Å². The Kier molecular flexibility index (Phi) is 27.5. The number of aliphatic hydroxyl groups excluding tert-OH is 2. The monoisotopic (exact) mass is 876 g/mol. The molecule has 0 saturated carbocycles. The second kappa shape index (κ2) is 31.5. The molecule has 4 aromatic carbocycles. The van der Waals surface area contributed by atoms with Gasteiger partial charge in [0, 0.05) is 42.7 Å². The van der Waals surface area contributed by atoms with E-state index in [1.807, 2.05) is 60.7 Å². The molecule has 0 atom stereocenters. The van der Waals surface area contributed by atoms with Crippen molar-refractivity contribution in [1.29, 1.82) is 0 Å². The Morgan fingerprint density at radius 1 is 0.397 bits per heavy atom. The third-order valence-corrected chi connectivity index (χ3v) is 10.8. The minimum Gasteiger partial charge on any atom is -0.493 e. The standard InChI is InChI=1S/C39H58N2.2C7H8O.Pd/c1-5-9-13-15-16-19-29-37-36(28-17-11-7-3)38(35-27-21-25-33(31-35)23-18-14-10-6-2)41(40)39(37)34-26-20-24-32(30-34)22-12-8-4;2*8-6-7-4-2-1-3-5-7;/h20-21,24-27,30-31H,5-19,22-23,28-29H2,1-4H3;2*1-5,8H,6H2;. The molecule has 2 N–H and O–H groups in total. The molecule has 0 bridgehead atoms. The molecule has 1 heterocycles. The zero-order valence-corrected chi connectivity index (χ0v) is 37.9. The molecular formula is C53H74N2O2Pd. The number of allylic oxidation sites excluding steroid dienone is 2. The van der Waals surface area contributed by atoms with E-state index in [0.29, 0.717) is 0 Å². The van der Waals surface area contributed by atoms with Crippen LogP contribution in [0.4, 0.5) is 0 Å². The van der Waals surface area contributed by atoms with Crippen molar-refractivity contribution in [3.05, 3.63) is 159 Å². The Hall–Kier alpha value is -3.46. The second-order valence-corrected chi connectivity index (χ2v) is 15.5. The number of hydrogen-bond acceptors (Lipinski definition) is 2. The van der Waals surface area contributed by atoms with Gasteiger partial charge in [0.1, 0.15) is 0 Å². The number of benzene rings is 4. The van der Waals surface area contributed by atoms with Gasteiger partial charge in [0.15, 0.2) is 0 Å². The number of hydrogen-bond donors (Lipinski definition) is 2. The summed E-state index contributed by atoms with van der Waals surface area (Å²) in [5, 5.41) is 17.1. The molecule has 0 fully saturated rings. The van der Waals surface area contributed by atoms with Gasteiger partial charge in [-0.2, -0.15) is 0 Å². The molecule has 4 aromatic rings. The maximum atomic E-state index is 12.0. The predicted molar refractivity (Wildman–Crippen MR) is 244 cm³/mol. The Balaban J connectivity index is 0.000000560. The summed E-state index contributed by atoms with van der Waals surface area (Å²) in [6.07, 6.45) is 23.1. The number of aliphatic hydroxyl groups is 2. The minimum atomic E-state index is 0. The third kappa shape index (κ3) is 18.2. The predicted octanol–water partition coefficient (Wildman–Crippen LogP) is 15.0. The molecule has 0 radical (unpaired) electrons. The van der Waals surface area contributed by atoms with Crippen molar-refractivity contribution < 1.29 is 35.3 Å². The molecule has 0 unspecified atom stereocenters. The van der Waals surface area contributed by atoms with Crippen molar-refractivity contribution >= 4 is 11.4 Å².